The van der Waals surface area contributed by atoms with Gasteiger partial charge in [0.1, 0.15) is 11.3 Å². The topological polar surface area (TPSA) is 89.9 Å². The van der Waals surface area contributed by atoms with E-state index < -0.39 is 29.2 Å². The predicted molar refractivity (Wildman–Crippen MR) is 116 cm³/mol. The number of unbranched alkanes of at least 4 members (excludes halogenated alkanes) is 3. The molecule has 0 aromatic rings. The van der Waals surface area contributed by atoms with Crippen LogP contribution in [0, 0.1) is 0 Å². The fraction of sp³-hybridized carbons (Fsp3) is 0.400. The van der Waals surface area contributed by atoms with Crippen LogP contribution in [0.25, 0.3) is 0 Å². The van der Waals surface area contributed by atoms with Crippen LogP contribution in [-0.2, 0) is 23.9 Å². The molecule has 1 N–H and O–H groups in total. The zero-order valence-corrected chi connectivity index (χ0v) is 18.1. The summed E-state index contributed by atoms with van der Waals surface area (Å²) in [6.07, 6.45) is 15.1. The van der Waals surface area contributed by atoms with E-state index in [0.717, 1.165) is 25.7 Å². The van der Waals surface area contributed by atoms with Gasteiger partial charge in [0.15, 0.2) is 11.4 Å². The summed E-state index contributed by atoms with van der Waals surface area (Å²) in [6, 6.07) is 0. The van der Waals surface area contributed by atoms with Crippen LogP contribution >= 0.6 is 0 Å². The van der Waals surface area contributed by atoms with Gasteiger partial charge in [-0.1, -0.05) is 38.0 Å². The van der Waals surface area contributed by atoms with Gasteiger partial charge >= 0.3 is 5.97 Å². The first-order valence-electron chi connectivity index (χ1n) is 10.7. The molecular formula is C25H28O6. The van der Waals surface area contributed by atoms with Crippen LogP contribution in [0.4, 0.5) is 0 Å². The summed E-state index contributed by atoms with van der Waals surface area (Å²) in [5, 5.41) is 9.60. The van der Waals surface area contributed by atoms with Gasteiger partial charge in [0.25, 0.3) is 0 Å². The largest absolute Gasteiger partial charge is 0.469 e. The van der Waals surface area contributed by atoms with Crippen LogP contribution in [0.5, 0.6) is 0 Å². The Balaban J connectivity index is 1.90. The fourth-order valence-electron chi connectivity index (χ4n) is 3.82. The van der Waals surface area contributed by atoms with E-state index in [2.05, 4.69) is 6.92 Å². The highest BCUT2D eigenvalue weighted by molar-refractivity contribution is 6.27. The maximum absolute atomic E-state index is 12.9. The Labute approximate surface area is 182 Å². The van der Waals surface area contributed by atoms with E-state index >= 15 is 0 Å². The molecule has 6 nitrogen and oxygen atoms in total. The van der Waals surface area contributed by atoms with Crippen LogP contribution in [-0.4, -0.2) is 34.3 Å². The quantitative estimate of drug-likeness (QED) is 0.198. The van der Waals surface area contributed by atoms with E-state index in [9.17, 15) is 19.5 Å². The van der Waals surface area contributed by atoms with Crippen molar-refractivity contribution in [1.29, 1.82) is 0 Å². The van der Waals surface area contributed by atoms with Crippen LogP contribution in [0.15, 0.2) is 70.8 Å². The number of aliphatic hydroxyl groups excluding tert-OH is 1. The van der Waals surface area contributed by atoms with E-state index in [1.54, 1.807) is 25.2 Å². The van der Waals surface area contributed by atoms with Crippen LogP contribution in [0.1, 0.15) is 52.9 Å². The van der Waals surface area contributed by atoms with Gasteiger partial charge in [-0.3, -0.25) is 9.59 Å². The SMILES string of the molecule is CCCCC/C=C/C=C/C(=O)C1=C2C3=COC(C[C@H](C)O)=CC3=CC(=O)[C@@]2(C)OC1=O. The number of carbonyl (C=O) groups excluding carboxylic acids is 3. The maximum atomic E-state index is 12.9. The first-order chi connectivity index (χ1) is 14.8. The summed E-state index contributed by atoms with van der Waals surface area (Å²) in [4.78, 5) is 38.2. The van der Waals surface area contributed by atoms with Crippen molar-refractivity contribution in [3.63, 3.8) is 0 Å². The minimum atomic E-state index is -1.56. The summed E-state index contributed by atoms with van der Waals surface area (Å²) in [5.74, 6) is -1.26. The molecule has 0 fully saturated rings. The van der Waals surface area contributed by atoms with Crippen LogP contribution in [0.2, 0.25) is 0 Å². The Morgan fingerprint density at radius 2 is 2.00 bits per heavy atom. The number of rotatable bonds is 9. The summed E-state index contributed by atoms with van der Waals surface area (Å²) >= 11 is 0. The molecule has 0 unspecified atom stereocenters. The number of hydrogen-bond donors (Lipinski definition) is 1. The number of carbonyl (C=O) groups is 3. The van der Waals surface area contributed by atoms with Gasteiger partial charge in [0.05, 0.1) is 12.4 Å². The molecule has 0 amide bonds. The second-order valence-electron chi connectivity index (χ2n) is 8.10. The molecule has 0 bridgehead atoms. The molecule has 0 saturated carbocycles. The minimum Gasteiger partial charge on any atom is -0.469 e. The summed E-state index contributed by atoms with van der Waals surface area (Å²) in [5.41, 5.74) is -0.481. The van der Waals surface area contributed by atoms with Gasteiger partial charge in [0, 0.05) is 17.6 Å². The first-order valence-corrected chi connectivity index (χ1v) is 10.7. The lowest BCUT2D eigenvalue weighted by atomic mass is 9.75. The standard InChI is InChI=1S/C25H28O6/c1-4-5-6-7-8-9-10-11-20(27)22-23-19-15-30-18(12-16(2)26)13-17(19)14-21(28)25(23,3)31-24(22)29/h8-11,13-16,26H,4-7,12H2,1-3H3/b9-8+,11-10+/t16-,25+/m0/s1. The lowest BCUT2D eigenvalue weighted by Gasteiger charge is -2.31. The van der Waals surface area contributed by atoms with E-state index in [-0.39, 0.29) is 17.6 Å². The molecule has 0 aromatic heterocycles. The fourth-order valence-corrected chi connectivity index (χ4v) is 3.82. The number of esters is 1. The van der Waals surface area contributed by atoms with Gasteiger partial charge < -0.3 is 14.6 Å². The molecule has 2 aliphatic heterocycles. The van der Waals surface area contributed by atoms with Crippen molar-refractivity contribution in [3.05, 3.63) is 70.8 Å². The van der Waals surface area contributed by atoms with Crippen molar-refractivity contribution in [2.75, 3.05) is 0 Å². The van der Waals surface area contributed by atoms with Crippen LogP contribution < -0.4 is 0 Å². The van der Waals surface area contributed by atoms with Crippen molar-refractivity contribution in [3.8, 4) is 0 Å². The Morgan fingerprint density at radius 1 is 1.23 bits per heavy atom. The number of aliphatic hydroxyl groups is 1. The molecule has 0 radical (unpaired) electrons. The molecule has 6 heteroatoms. The van der Waals surface area contributed by atoms with Crippen molar-refractivity contribution >= 4 is 17.5 Å². The predicted octanol–water partition coefficient (Wildman–Crippen LogP) is 3.94. The monoisotopic (exact) mass is 424 g/mol. The Bertz CT molecular complexity index is 970. The number of ether oxygens (including phenoxy) is 2. The van der Waals surface area contributed by atoms with Crippen molar-refractivity contribution in [2.45, 2.75) is 64.6 Å². The lowest BCUT2D eigenvalue weighted by molar-refractivity contribution is -0.152. The zero-order chi connectivity index (χ0) is 22.6. The Kier molecular flexibility index (Phi) is 6.91. The van der Waals surface area contributed by atoms with E-state index in [0.29, 0.717) is 16.9 Å². The molecule has 164 valence electrons. The lowest BCUT2D eigenvalue weighted by Crippen LogP contribution is -2.40. The second kappa shape index (κ2) is 9.43. The molecule has 31 heavy (non-hydrogen) atoms. The molecule has 0 saturated heterocycles. The summed E-state index contributed by atoms with van der Waals surface area (Å²) in [7, 11) is 0. The van der Waals surface area contributed by atoms with Gasteiger partial charge in [-0.2, -0.15) is 0 Å². The third-order valence-electron chi connectivity index (χ3n) is 5.42. The molecule has 0 aromatic carbocycles. The summed E-state index contributed by atoms with van der Waals surface area (Å²) < 4.78 is 11.0. The maximum Gasteiger partial charge on any atom is 0.343 e. The minimum absolute atomic E-state index is 0.153. The average molecular weight is 424 g/mol. The van der Waals surface area contributed by atoms with E-state index in [1.807, 2.05) is 6.08 Å². The van der Waals surface area contributed by atoms with Gasteiger partial charge in [-0.05, 0) is 50.5 Å². The number of ketones is 2. The molecular weight excluding hydrogens is 396 g/mol. The molecule has 3 aliphatic rings. The highest BCUT2D eigenvalue weighted by Crippen LogP contribution is 2.46. The van der Waals surface area contributed by atoms with Crippen molar-refractivity contribution in [2.24, 2.45) is 0 Å². The molecule has 2 heterocycles. The molecule has 2 atom stereocenters. The number of allylic oxidation sites excluding steroid dienone is 6. The Hall–Kier alpha value is -2.99. The normalized spacial score (nSPS) is 23.8. The van der Waals surface area contributed by atoms with Crippen molar-refractivity contribution in [1.82, 2.24) is 0 Å². The first kappa shape index (κ1) is 22.7. The molecule has 1 aliphatic carbocycles. The van der Waals surface area contributed by atoms with E-state index in [4.69, 9.17) is 9.47 Å². The molecule has 0 spiro atoms. The number of fused-ring (bicyclic) bond motifs is 3. The van der Waals surface area contributed by atoms with E-state index in [1.165, 1.54) is 25.3 Å². The van der Waals surface area contributed by atoms with Gasteiger partial charge in [0.2, 0.25) is 5.78 Å². The number of hydrogen-bond acceptors (Lipinski definition) is 6. The molecule has 3 rings (SSSR count). The smallest absolute Gasteiger partial charge is 0.343 e. The zero-order valence-electron chi connectivity index (χ0n) is 18.1. The van der Waals surface area contributed by atoms with Gasteiger partial charge in [-0.15, -0.1) is 0 Å². The highest BCUT2D eigenvalue weighted by atomic mass is 16.6. The average Bonchev–Trinajstić information content (AvgIpc) is 2.98. The van der Waals surface area contributed by atoms with Crippen LogP contribution in [0.3, 0.4) is 0 Å². The summed E-state index contributed by atoms with van der Waals surface area (Å²) in [6.45, 7) is 5.26. The third kappa shape index (κ3) is 4.69. The second-order valence-corrected chi connectivity index (χ2v) is 8.10. The van der Waals surface area contributed by atoms with Gasteiger partial charge in [-0.25, -0.2) is 4.79 Å². The highest BCUT2D eigenvalue weighted by Gasteiger charge is 2.54. The third-order valence-corrected chi connectivity index (χ3v) is 5.42. The van der Waals surface area contributed by atoms with Crippen molar-refractivity contribution < 1.29 is 29.0 Å². The Morgan fingerprint density at radius 3 is 2.71 bits per heavy atom.